The van der Waals surface area contributed by atoms with Crippen molar-refractivity contribution in [3.63, 3.8) is 0 Å². The standard InChI is InChI=1S/C15H17N5O2/c16-15(22)17-11-5-1-9(2-6-11)7-14(21)18-13-8-12(19-20-13)10-3-4-10/h1-2,5-6,8,10H,3-4,7H2,(H3,16,17,22)(H2,18,19,20,21). The number of primary amides is 1. The van der Waals surface area contributed by atoms with Crippen LogP contribution in [-0.4, -0.2) is 22.1 Å². The van der Waals surface area contributed by atoms with E-state index in [4.69, 9.17) is 5.73 Å². The molecule has 1 heterocycles. The number of carbonyl (C=O) groups excluding carboxylic acids is 2. The second-order valence-corrected chi connectivity index (χ2v) is 5.39. The highest BCUT2D eigenvalue weighted by Gasteiger charge is 2.25. The molecule has 7 heteroatoms. The Balaban J connectivity index is 1.55. The van der Waals surface area contributed by atoms with Crippen molar-refractivity contribution in [1.29, 1.82) is 0 Å². The Morgan fingerprint density at radius 3 is 2.59 bits per heavy atom. The maximum absolute atomic E-state index is 12.0. The van der Waals surface area contributed by atoms with Crippen molar-refractivity contribution < 1.29 is 9.59 Å². The number of anilines is 2. The predicted octanol–water partition coefficient (Wildman–Crippen LogP) is 1.96. The highest BCUT2D eigenvalue weighted by molar-refractivity contribution is 5.91. The van der Waals surface area contributed by atoms with Gasteiger partial charge in [-0.1, -0.05) is 12.1 Å². The zero-order valence-corrected chi connectivity index (χ0v) is 11.9. The number of nitrogens with one attached hydrogen (secondary N) is 3. The molecule has 0 unspecified atom stereocenters. The van der Waals surface area contributed by atoms with E-state index in [9.17, 15) is 9.59 Å². The summed E-state index contributed by atoms with van der Waals surface area (Å²) >= 11 is 0. The quantitative estimate of drug-likeness (QED) is 0.676. The summed E-state index contributed by atoms with van der Waals surface area (Å²) in [6, 6.07) is 8.21. The van der Waals surface area contributed by atoms with Crippen molar-refractivity contribution in [3.8, 4) is 0 Å². The number of nitrogens with zero attached hydrogens (tertiary/aromatic N) is 1. The predicted molar refractivity (Wildman–Crippen MR) is 82.5 cm³/mol. The lowest BCUT2D eigenvalue weighted by Crippen LogP contribution is -2.19. The molecule has 2 aromatic rings. The zero-order valence-electron chi connectivity index (χ0n) is 11.9. The van der Waals surface area contributed by atoms with Gasteiger partial charge in [-0.25, -0.2) is 4.79 Å². The topological polar surface area (TPSA) is 113 Å². The third kappa shape index (κ3) is 3.63. The first kappa shape index (κ1) is 14.1. The minimum Gasteiger partial charge on any atom is -0.351 e. The highest BCUT2D eigenvalue weighted by Crippen LogP contribution is 2.39. The van der Waals surface area contributed by atoms with E-state index < -0.39 is 6.03 Å². The molecule has 1 aromatic carbocycles. The van der Waals surface area contributed by atoms with Crippen molar-refractivity contribution in [2.45, 2.75) is 25.2 Å². The van der Waals surface area contributed by atoms with Gasteiger partial charge in [0.25, 0.3) is 0 Å². The molecule has 1 fully saturated rings. The van der Waals surface area contributed by atoms with Gasteiger partial charge in [0.05, 0.1) is 6.42 Å². The van der Waals surface area contributed by atoms with Crippen LogP contribution in [0.25, 0.3) is 0 Å². The fourth-order valence-electron chi connectivity index (χ4n) is 2.22. The molecule has 0 saturated heterocycles. The number of urea groups is 1. The Labute approximate surface area is 127 Å². The van der Waals surface area contributed by atoms with Crippen LogP contribution in [0.4, 0.5) is 16.3 Å². The molecule has 1 aromatic heterocycles. The van der Waals surface area contributed by atoms with Gasteiger partial charge in [0.15, 0.2) is 5.82 Å². The number of rotatable bonds is 5. The van der Waals surface area contributed by atoms with Crippen LogP contribution in [0.3, 0.4) is 0 Å². The summed E-state index contributed by atoms with van der Waals surface area (Å²) in [5, 5.41) is 12.3. The molecule has 1 aliphatic carbocycles. The maximum atomic E-state index is 12.0. The molecule has 1 aliphatic rings. The molecule has 1 saturated carbocycles. The Bertz CT molecular complexity index is 688. The maximum Gasteiger partial charge on any atom is 0.316 e. The average Bonchev–Trinajstić information content (AvgIpc) is 3.21. The minimum atomic E-state index is -0.615. The van der Waals surface area contributed by atoms with Gasteiger partial charge in [0.2, 0.25) is 5.91 Å². The molecule has 0 spiro atoms. The van der Waals surface area contributed by atoms with Crippen LogP contribution >= 0.6 is 0 Å². The molecule has 0 atom stereocenters. The van der Waals surface area contributed by atoms with Gasteiger partial charge in [-0.15, -0.1) is 0 Å². The number of aromatic amines is 1. The van der Waals surface area contributed by atoms with Crippen LogP contribution in [0.5, 0.6) is 0 Å². The number of hydrogen-bond acceptors (Lipinski definition) is 3. The fraction of sp³-hybridized carbons (Fsp3) is 0.267. The van der Waals surface area contributed by atoms with E-state index in [2.05, 4.69) is 20.8 Å². The molecule has 0 bridgehead atoms. The SMILES string of the molecule is NC(=O)Nc1ccc(CC(=O)Nc2cc(C3CC3)[nH]n2)cc1. The number of nitrogens with two attached hydrogens (primary N) is 1. The summed E-state index contributed by atoms with van der Waals surface area (Å²) in [6.07, 6.45) is 2.60. The number of aromatic nitrogens is 2. The van der Waals surface area contributed by atoms with Crippen molar-refractivity contribution in [2.24, 2.45) is 5.73 Å². The lowest BCUT2D eigenvalue weighted by molar-refractivity contribution is -0.115. The molecule has 0 radical (unpaired) electrons. The normalized spacial score (nSPS) is 13.6. The Morgan fingerprint density at radius 2 is 1.95 bits per heavy atom. The first-order valence-corrected chi connectivity index (χ1v) is 7.11. The second-order valence-electron chi connectivity index (χ2n) is 5.39. The van der Waals surface area contributed by atoms with Crippen LogP contribution < -0.4 is 16.4 Å². The van der Waals surface area contributed by atoms with E-state index >= 15 is 0 Å². The van der Waals surface area contributed by atoms with Gasteiger partial charge >= 0.3 is 6.03 Å². The van der Waals surface area contributed by atoms with Gasteiger partial charge in [0.1, 0.15) is 0 Å². The molecule has 7 nitrogen and oxygen atoms in total. The lowest BCUT2D eigenvalue weighted by Gasteiger charge is -2.04. The van der Waals surface area contributed by atoms with Gasteiger partial charge in [-0.3, -0.25) is 9.89 Å². The van der Waals surface area contributed by atoms with Crippen molar-refractivity contribution >= 4 is 23.4 Å². The third-order valence-electron chi connectivity index (χ3n) is 3.47. The first-order valence-electron chi connectivity index (χ1n) is 7.11. The van der Waals surface area contributed by atoms with Crippen LogP contribution in [0.1, 0.15) is 30.0 Å². The van der Waals surface area contributed by atoms with Gasteiger partial charge < -0.3 is 16.4 Å². The van der Waals surface area contributed by atoms with Crippen molar-refractivity contribution in [2.75, 3.05) is 10.6 Å². The molecule has 5 N–H and O–H groups in total. The van der Waals surface area contributed by atoms with Crippen molar-refractivity contribution in [1.82, 2.24) is 10.2 Å². The highest BCUT2D eigenvalue weighted by atomic mass is 16.2. The van der Waals surface area contributed by atoms with Crippen LogP contribution in [0.15, 0.2) is 30.3 Å². The van der Waals surface area contributed by atoms with E-state index in [0.717, 1.165) is 11.3 Å². The molecule has 114 valence electrons. The largest absolute Gasteiger partial charge is 0.351 e. The molecule has 3 rings (SSSR count). The monoisotopic (exact) mass is 299 g/mol. The van der Waals surface area contributed by atoms with E-state index in [1.165, 1.54) is 12.8 Å². The van der Waals surface area contributed by atoms with E-state index in [1.807, 2.05) is 6.07 Å². The number of benzene rings is 1. The Hall–Kier alpha value is -2.83. The molecular weight excluding hydrogens is 282 g/mol. The first-order chi connectivity index (χ1) is 10.6. The molecular formula is C15H17N5O2. The number of amides is 3. The smallest absolute Gasteiger partial charge is 0.316 e. The van der Waals surface area contributed by atoms with Crippen LogP contribution in [0.2, 0.25) is 0 Å². The molecule has 3 amide bonds. The van der Waals surface area contributed by atoms with Gasteiger partial charge in [0, 0.05) is 23.4 Å². The molecule has 0 aliphatic heterocycles. The van der Waals surface area contributed by atoms with Gasteiger partial charge in [-0.2, -0.15) is 5.10 Å². The van der Waals surface area contributed by atoms with E-state index in [-0.39, 0.29) is 12.3 Å². The summed E-state index contributed by atoms with van der Waals surface area (Å²) in [5.74, 6) is 0.992. The van der Waals surface area contributed by atoms with Crippen LogP contribution in [0, 0.1) is 0 Å². The zero-order chi connectivity index (χ0) is 15.5. The van der Waals surface area contributed by atoms with Crippen molar-refractivity contribution in [3.05, 3.63) is 41.6 Å². The number of H-pyrrole nitrogens is 1. The average molecular weight is 299 g/mol. The fourth-order valence-corrected chi connectivity index (χ4v) is 2.22. The summed E-state index contributed by atoms with van der Waals surface area (Å²) in [7, 11) is 0. The Kier molecular flexibility index (Phi) is 3.78. The third-order valence-corrected chi connectivity index (χ3v) is 3.47. The second kappa shape index (κ2) is 5.88. The molecule has 22 heavy (non-hydrogen) atoms. The van der Waals surface area contributed by atoms with Gasteiger partial charge in [-0.05, 0) is 30.5 Å². The summed E-state index contributed by atoms with van der Waals surface area (Å²) in [6.45, 7) is 0. The van der Waals surface area contributed by atoms with E-state index in [1.54, 1.807) is 24.3 Å². The number of hydrogen-bond donors (Lipinski definition) is 4. The van der Waals surface area contributed by atoms with E-state index in [0.29, 0.717) is 17.4 Å². The Morgan fingerprint density at radius 1 is 1.23 bits per heavy atom. The minimum absolute atomic E-state index is 0.135. The van der Waals surface area contributed by atoms with Crippen LogP contribution in [-0.2, 0) is 11.2 Å². The summed E-state index contributed by atoms with van der Waals surface area (Å²) in [5.41, 5.74) is 7.55. The number of carbonyl (C=O) groups is 2. The lowest BCUT2D eigenvalue weighted by atomic mass is 10.1. The summed E-state index contributed by atoms with van der Waals surface area (Å²) < 4.78 is 0. The summed E-state index contributed by atoms with van der Waals surface area (Å²) in [4.78, 5) is 22.7.